The molecule has 2 aliphatic heterocycles. The van der Waals surface area contributed by atoms with E-state index in [9.17, 15) is 14.0 Å². The first-order chi connectivity index (χ1) is 17.0. The average Bonchev–Trinajstić information content (AvgIpc) is 3.56. The Hall–Kier alpha value is -3.08. The van der Waals surface area contributed by atoms with Crippen molar-refractivity contribution >= 4 is 23.2 Å². The van der Waals surface area contributed by atoms with Gasteiger partial charge in [0.2, 0.25) is 11.8 Å². The van der Waals surface area contributed by atoms with Crippen molar-refractivity contribution in [2.24, 2.45) is 0 Å². The van der Waals surface area contributed by atoms with Crippen LogP contribution in [0.1, 0.15) is 34.5 Å². The van der Waals surface area contributed by atoms with E-state index in [0.29, 0.717) is 50.8 Å². The fourth-order valence-corrected chi connectivity index (χ4v) is 5.01. The topological polar surface area (TPSA) is 76.9 Å². The van der Waals surface area contributed by atoms with Gasteiger partial charge in [-0.2, -0.15) is 21.1 Å². The van der Waals surface area contributed by atoms with Crippen LogP contribution in [0.5, 0.6) is 5.88 Å². The van der Waals surface area contributed by atoms with Gasteiger partial charge in [0.05, 0.1) is 31.0 Å². The number of carbonyl (C=O) groups is 2. The number of hydrogen-bond donors (Lipinski definition) is 0. The minimum Gasteiger partial charge on any atom is -0.473 e. The molecule has 184 valence electrons. The Morgan fingerprint density at radius 1 is 1.20 bits per heavy atom. The summed E-state index contributed by atoms with van der Waals surface area (Å²) in [6.07, 6.45) is 0. The molecular formula is C25H27FN4O4S. The van der Waals surface area contributed by atoms with Gasteiger partial charge in [-0.25, -0.2) is 4.39 Å². The van der Waals surface area contributed by atoms with E-state index in [2.05, 4.69) is 16.9 Å². The molecule has 0 saturated carbocycles. The first-order valence-corrected chi connectivity index (χ1v) is 12.6. The molecule has 2 aliphatic rings. The van der Waals surface area contributed by atoms with Crippen molar-refractivity contribution < 1.29 is 23.5 Å². The molecule has 0 spiro atoms. The highest BCUT2D eigenvalue weighted by Crippen LogP contribution is 2.35. The molecule has 4 heterocycles. The van der Waals surface area contributed by atoms with Crippen molar-refractivity contribution in [2.45, 2.75) is 25.5 Å². The van der Waals surface area contributed by atoms with Crippen LogP contribution in [0, 0.1) is 5.82 Å². The van der Waals surface area contributed by atoms with E-state index in [1.165, 1.54) is 28.2 Å². The van der Waals surface area contributed by atoms with Gasteiger partial charge < -0.3 is 14.4 Å². The number of carbonyl (C=O) groups excluding carboxylic acids is 2. The standard InChI is InChI=1S/C25H27FN4O4S/c1-17-21(13-29(17)14-23(31)28-7-9-33-10-8-28)22-12-24(34-15-18-2-4-20(26)5-3-18)30(27-22)25(32)19-6-11-35-16-19/h2-6,11-12,16-17,21H,7-10,13-15H2,1H3. The second kappa shape index (κ2) is 10.3. The van der Waals surface area contributed by atoms with Crippen LogP contribution in [0.25, 0.3) is 0 Å². The van der Waals surface area contributed by atoms with Crippen LogP contribution in [0.2, 0.25) is 0 Å². The van der Waals surface area contributed by atoms with E-state index in [0.717, 1.165) is 11.3 Å². The maximum atomic E-state index is 13.2. The molecule has 2 saturated heterocycles. The number of amides is 1. The molecule has 2 atom stereocenters. The Kier molecular flexibility index (Phi) is 6.94. The Labute approximate surface area is 206 Å². The Morgan fingerprint density at radius 3 is 2.66 bits per heavy atom. The van der Waals surface area contributed by atoms with Crippen LogP contribution in [-0.4, -0.2) is 76.8 Å². The molecule has 8 nitrogen and oxygen atoms in total. The molecule has 1 amide bonds. The van der Waals surface area contributed by atoms with Gasteiger partial charge in [-0.15, -0.1) is 0 Å². The Morgan fingerprint density at radius 2 is 1.97 bits per heavy atom. The van der Waals surface area contributed by atoms with Gasteiger partial charge >= 0.3 is 0 Å². The lowest BCUT2D eigenvalue weighted by atomic mass is 9.87. The minimum atomic E-state index is -0.315. The van der Waals surface area contributed by atoms with E-state index in [1.54, 1.807) is 29.6 Å². The molecular weight excluding hydrogens is 471 g/mol. The smallest absolute Gasteiger partial charge is 0.282 e. The summed E-state index contributed by atoms with van der Waals surface area (Å²) in [5.74, 6) is -0.0462. The van der Waals surface area contributed by atoms with Crippen molar-refractivity contribution in [1.29, 1.82) is 0 Å². The Bertz CT molecular complexity index is 1170. The molecule has 2 fully saturated rings. The summed E-state index contributed by atoms with van der Waals surface area (Å²) in [5.41, 5.74) is 2.08. The van der Waals surface area contributed by atoms with E-state index in [1.807, 2.05) is 10.3 Å². The number of rotatable bonds is 7. The zero-order valence-electron chi connectivity index (χ0n) is 19.4. The summed E-state index contributed by atoms with van der Waals surface area (Å²) < 4.78 is 25.8. The maximum Gasteiger partial charge on any atom is 0.282 e. The number of nitrogens with zero attached hydrogens (tertiary/aromatic N) is 4. The van der Waals surface area contributed by atoms with Crippen molar-refractivity contribution in [3.05, 3.63) is 69.8 Å². The highest BCUT2D eigenvalue weighted by molar-refractivity contribution is 7.08. The highest BCUT2D eigenvalue weighted by atomic mass is 32.1. The van der Waals surface area contributed by atoms with Crippen LogP contribution in [0.3, 0.4) is 0 Å². The van der Waals surface area contributed by atoms with Gasteiger partial charge in [-0.05, 0) is 36.1 Å². The summed E-state index contributed by atoms with van der Waals surface area (Å²) in [6, 6.07) is 9.70. The van der Waals surface area contributed by atoms with Crippen LogP contribution in [-0.2, 0) is 16.1 Å². The number of morpholine rings is 1. The van der Waals surface area contributed by atoms with E-state index >= 15 is 0 Å². The van der Waals surface area contributed by atoms with Gasteiger partial charge in [-0.1, -0.05) is 12.1 Å². The summed E-state index contributed by atoms with van der Waals surface area (Å²) in [6.45, 7) is 5.73. The van der Waals surface area contributed by atoms with Gasteiger partial charge in [0.15, 0.2) is 0 Å². The molecule has 10 heteroatoms. The first-order valence-electron chi connectivity index (χ1n) is 11.6. The third-order valence-corrected chi connectivity index (χ3v) is 7.31. The molecule has 1 aromatic carbocycles. The van der Waals surface area contributed by atoms with Gasteiger partial charge in [0.25, 0.3) is 5.91 Å². The number of halogens is 1. The zero-order chi connectivity index (χ0) is 24.4. The number of aromatic nitrogens is 2. The third kappa shape index (κ3) is 5.14. The van der Waals surface area contributed by atoms with Gasteiger partial charge in [0.1, 0.15) is 12.4 Å². The van der Waals surface area contributed by atoms with Crippen LogP contribution < -0.4 is 4.74 Å². The first kappa shape index (κ1) is 23.7. The molecule has 0 radical (unpaired) electrons. The second-order valence-electron chi connectivity index (χ2n) is 8.82. The number of thiophene rings is 1. The molecule has 35 heavy (non-hydrogen) atoms. The molecule has 3 aromatic rings. The summed E-state index contributed by atoms with van der Waals surface area (Å²) >= 11 is 1.44. The lowest BCUT2D eigenvalue weighted by Gasteiger charge is -2.46. The predicted molar refractivity (Wildman–Crippen MR) is 128 cm³/mol. The van der Waals surface area contributed by atoms with E-state index < -0.39 is 0 Å². The quantitative estimate of drug-likeness (QED) is 0.499. The van der Waals surface area contributed by atoms with Crippen molar-refractivity contribution in [2.75, 3.05) is 39.4 Å². The fraction of sp³-hybridized carbons (Fsp3) is 0.400. The second-order valence-corrected chi connectivity index (χ2v) is 9.60. The van der Waals surface area contributed by atoms with Gasteiger partial charge in [-0.3, -0.25) is 14.5 Å². The number of ether oxygens (including phenoxy) is 2. The molecule has 0 aliphatic carbocycles. The summed E-state index contributed by atoms with van der Waals surface area (Å²) in [7, 11) is 0. The summed E-state index contributed by atoms with van der Waals surface area (Å²) in [4.78, 5) is 29.7. The molecule has 0 N–H and O–H groups in total. The minimum absolute atomic E-state index is 0.0807. The lowest BCUT2D eigenvalue weighted by Crippen LogP contribution is -2.57. The zero-order valence-corrected chi connectivity index (χ0v) is 20.2. The van der Waals surface area contributed by atoms with E-state index in [-0.39, 0.29) is 36.2 Å². The molecule has 2 unspecified atom stereocenters. The lowest BCUT2D eigenvalue weighted by molar-refractivity contribution is -0.138. The average molecular weight is 499 g/mol. The largest absolute Gasteiger partial charge is 0.473 e. The normalized spacial score (nSPS) is 20.5. The molecule has 5 rings (SSSR count). The monoisotopic (exact) mass is 498 g/mol. The van der Waals surface area contributed by atoms with Crippen molar-refractivity contribution in [1.82, 2.24) is 19.6 Å². The number of likely N-dealkylation sites (tertiary alicyclic amines) is 1. The Balaban J connectivity index is 1.29. The number of benzene rings is 1. The van der Waals surface area contributed by atoms with Gasteiger partial charge in [0, 0.05) is 43.0 Å². The van der Waals surface area contributed by atoms with Crippen molar-refractivity contribution in [3.8, 4) is 5.88 Å². The maximum absolute atomic E-state index is 13.2. The predicted octanol–water partition coefficient (Wildman–Crippen LogP) is 3.00. The van der Waals surface area contributed by atoms with E-state index in [4.69, 9.17) is 9.47 Å². The molecule has 0 bridgehead atoms. The van der Waals surface area contributed by atoms with Crippen LogP contribution in [0.15, 0.2) is 47.2 Å². The van der Waals surface area contributed by atoms with Crippen molar-refractivity contribution in [3.63, 3.8) is 0 Å². The molecule has 2 aromatic heterocycles. The van der Waals surface area contributed by atoms with Crippen LogP contribution >= 0.6 is 11.3 Å². The third-order valence-electron chi connectivity index (χ3n) is 6.63. The highest BCUT2D eigenvalue weighted by Gasteiger charge is 2.40. The van der Waals surface area contributed by atoms with Crippen LogP contribution in [0.4, 0.5) is 4.39 Å². The fourth-order valence-electron chi connectivity index (χ4n) is 4.38. The SMILES string of the molecule is CC1C(c2cc(OCc3ccc(F)cc3)n(C(=O)c3ccsc3)n2)CN1CC(=O)N1CCOCC1. The summed E-state index contributed by atoms with van der Waals surface area (Å²) in [5, 5.41) is 8.23. The number of hydrogen-bond acceptors (Lipinski definition) is 7.